The maximum absolute atomic E-state index is 12.7. The van der Waals surface area contributed by atoms with Gasteiger partial charge in [-0.15, -0.1) is 15.9 Å². The van der Waals surface area contributed by atoms with Crippen LogP contribution in [-0.4, -0.2) is 52.1 Å². The van der Waals surface area contributed by atoms with Crippen LogP contribution in [0.15, 0.2) is 59.5 Å². The highest BCUT2D eigenvalue weighted by Crippen LogP contribution is 2.57. The van der Waals surface area contributed by atoms with Crippen molar-refractivity contribution in [2.45, 2.75) is 84.4 Å². The van der Waals surface area contributed by atoms with Gasteiger partial charge in [0.05, 0.1) is 17.5 Å². The first-order chi connectivity index (χ1) is 20.4. The molecule has 3 N–H and O–H groups in total. The van der Waals surface area contributed by atoms with Gasteiger partial charge in [-0.25, -0.2) is 4.68 Å². The molecule has 2 atom stereocenters. The van der Waals surface area contributed by atoms with Gasteiger partial charge in [-0.1, -0.05) is 55.5 Å². The quantitative estimate of drug-likeness (QED) is 0.180. The minimum absolute atomic E-state index is 0.215. The molecule has 9 nitrogen and oxygen atoms in total. The largest absolute Gasteiger partial charge is 0.487 e. The van der Waals surface area contributed by atoms with Crippen LogP contribution in [-0.2, 0) is 17.9 Å². The average molecular weight is 607 g/mol. The monoisotopic (exact) mass is 606 g/mol. The highest BCUT2D eigenvalue weighted by atomic mass is 32.3. The van der Waals surface area contributed by atoms with Crippen LogP contribution < -0.4 is 4.74 Å². The number of ether oxygens (including phenoxy) is 1. The van der Waals surface area contributed by atoms with Crippen LogP contribution in [0, 0.1) is 19.3 Å². The Labute approximate surface area is 255 Å². The summed E-state index contributed by atoms with van der Waals surface area (Å²) in [5, 5.41) is 19.2. The van der Waals surface area contributed by atoms with E-state index in [9.17, 15) is 19.0 Å². The van der Waals surface area contributed by atoms with Crippen molar-refractivity contribution in [3.05, 3.63) is 82.4 Å². The third kappa shape index (κ3) is 5.64. The van der Waals surface area contributed by atoms with Crippen LogP contribution >= 0.6 is 10.8 Å². The second-order valence-corrected chi connectivity index (χ2v) is 14.0. The summed E-state index contributed by atoms with van der Waals surface area (Å²) < 4.78 is 32.9. The summed E-state index contributed by atoms with van der Waals surface area (Å²) in [6.07, 6.45) is 1.42. The molecule has 5 rings (SSSR count). The Morgan fingerprint density at radius 2 is 1.86 bits per heavy atom. The van der Waals surface area contributed by atoms with Crippen LogP contribution in [0.5, 0.6) is 5.75 Å². The first-order valence-electron chi connectivity index (χ1n) is 14.8. The average Bonchev–Trinajstić information content (AvgIpc) is 3.34. The van der Waals surface area contributed by atoms with Gasteiger partial charge in [-0.05, 0) is 86.6 Å². The van der Waals surface area contributed by atoms with Gasteiger partial charge >= 0.3 is 5.97 Å². The molecule has 0 radical (unpaired) electrons. The fourth-order valence-corrected chi connectivity index (χ4v) is 7.66. The fourth-order valence-electron chi connectivity index (χ4n) is 6.04. The first kappa shape index (κ1) is 31.0. The van der Waals surface area contributed by atoms with Crippen molar-refractivity contribution in [1.82, 2.24) is 19.3 Å². The van der Waals surface area contributed by atoms with E-state index >= 15 is 0 Å². The first-order valence-corrected chi connectivity index (χ1v) is 16.3. The number of aryl methyl sites for hydroxylation is 3. The Balaban J connectivity index is 1.60. The Hall–Kier alpha value is -3.44. The number of aliphatic carboxylic acids is 1. The Kier molecular flexibility index (Phi) is 8.59. The van der Waals surface area contributed by atoms with Gasteiger partial charge in [0, 0.05) is 19.0 Å². The van der Waals surface area contributed by atoms with Crippen molar-refractivity contribution in [2.75, 3.05) is 6.54 Å². The van der Waals surface area contributed by atoms with Gasteiger partial charge in [0.1, 0.15) is 22.3 Å². The van der Waals surface area contributed by atoms with Crippen molar-refractivity contribution >= 4 is 27.8 Å². The molecule has 43 heavy (non-hydrogen) atoms. The Morgan fingerprint density at radius 1 is 1.12 bits per heavy atom. The Morgan fingerprint density at radius 3 is 2.56 bits per heavy atom. The number of carboxylic acids is 1. The highest BCUT2D eigenvalue weighted by molar-refractivity contribution is 8.22. The predicted octanol–water partition coefficient (Wildman–Crippen LogP) is 7.40. The summed E-state index contributed by atoms with van der Waals surface area (Å²) in [6, 6.07) is 17.1. The van der Waals surface area contributed by atoms with E-state index in [0.29, 0.717) is 23.6 Å². The second kappa shape index (κ2) is 11.9. The van der Waals surface area contributed by atoms with E-state index < -0.39 is 28.1 Å². The van der Waals surface area contributed by atoms with Crippen LogP contribution in [0.1, 0.15) is 74.3 Å². The molecular formula is C33H42N4O5S. The van der Waals surface area contributed by atoms with Crippen LogP contribution in [0.2, 0.25) is 0 Å². The number of hydrogen-bond acceptors (Lipinski definition) is 7. The molecule has 1 aliphatic heterocycles. The van der Waals surface area contributed by atoms with E-state index in [1.807, 2.05) is 61.9 Å². The van der Waals surface area contributed by atoms with Crippen LogP contribution in [0.25, 0.3) is 11.0 Å². The van der Waals surface area contributed by atoms with Gasteiger partial charge in [0.25, 0.3) is 0 Å². The summed E-state index contributed by atoms with van der Waals surface area (Å²) in [6.45, 7) is 12.9. The fraction of sp³-hybridized carbons (Fsp3) is 0.424. The molecule has 2 heterocycles. The van der Waals surface area contributed by atoms with Gasteiger partial charge in [-0.3, -0.25) is 13.9 Å². The molecule has 0 fully saturated rings. The number of carbonyl (C=O) groups is 1. The standard InChI is InChI=1S/C33H42N4O5S/c1-7-17-37-27-16-15-26(22(4)31(27)34-35-37)30(33(5,6)32(38)39)23-14-13-21(3)24(18-23)19-36-20-25(8-2)42-28-11-9-10-12-29(28)43(36,40)41/h9-16,18,25,30,40-41H,7-8,17,19-20H2,1-6H3,(H,38,39)/t25-,30+/m1/s1. The lowest BCUT2D eigenvalue weighted by Gasteiger charge is -2.42. The lowest BCUT2D eigenvalue weighted by Crippen LogP contribution is -2.35. The molecule has 0 aliphatic carbocycles. The number of benzene rings is 3. The van der Waals surface area contributed by atoms with Crippen LogP contribution in [0.4, 0.5) is 0 Å². The lowest BCUT2D eigenvalue weighted by atomic mass is 9.69. The number of fused-ring (bicyclic) bond motifs is 2. The van der Waals surface area contributed by atoms with E-state index in [4.69, 9.17) is 4.74 Å². The third-order valence-corrected chi connectivity index (χ3v) is 10.6. The maximum Gasteiger partial charge on any atom is 0.310 e. The van der Waals surface area contributed by atoms with E-state index in [0.717, 1.165) is 51.8 Å². The molecule has 0 saturated heterocycles. The zero-order chi connectivity index (χ0) is 31.1. The number of aromatic nitrogens is 3. The van der Waals surface area contributed by atoms with Crippen molar-refractivity contribution in [2.24, 2.45) is 5.41 Å². The summed E-state index contributed by atoms with van der Waals surface area (Å²) in [7, 11) is -3.34. The molecule has 0 saturated carbocycles. The Bertz CT molecular complexity index is 1650. The van der Waals surface area contributed by atoms with Crippen LogP contribution in [0.3, 0.4) is 0 Å². The number of hydrogen-bond donors (Lipinski definition) is 3. The molecule has 10 heteroatoms. The normalized spacial score (nSPS) is 18.5. The van der Waals surface area contributed by atoms with Gasteiger partial charge in [-0.2, -0.15) is 4.31 Å². The van der Waals surface area contributed by atoms with E-state index in [1.165, 1.54) is 0 Å². The maximum atomic E-state index is 12.7. The molecular weight excluding hydrogens is 564 g/mol. The number of para-hydroxylation sites is 1. The molecule has 1 aliphatic rings. The number of rotatable bonds is 9. The summed E-state index contributed by atoms with van der Waals surface area (Å²) in [5.74, 6) is -0.913. The van der Waals surface area contributed by atoms with Crippen molar-refractivity contribution < 1.29 is 23.7 Å². The van der Waals surface area contributed by atoms with Crippen molar-refractivity contribution in [1.29, 1.82) is 0 Å². The minimum Gasteiger partial charge on any atom is -0.487 e. The molecule has 0 bridgehead atoms. The highest BCUT2D eigenvalue weighted by Gasteiger charge is 2.41. The van der Waals surface area contributed by atoms with Gasteiger partial charge in [0.2, 0.25) is 0 Å². The molecule has 0 amide bonds. The minimum atomic E-state index is -3.34. The number of nitrogens with zero attached hydrogens (tertiary/aromatic N) is 4. The molecule has 4 aromatic rings. The molecule has 230 valence electrons. The summed E-state index contributed by atoms with van der Waals surface area (Å²) in [4.78, 5) is 13.1. The third-order valence-electron chi connectivity index (χ3n) is 8.72. The van der Waals surface area contributed by atoms with Crippen molar-refractivity contribution in [3.63, 3.8) is 0 Å². The smallest absolute Gasteiger partial charge is 0.310 e. The molecule has 3 aromatic carbocycles. The summed E-state index contributed by atoms with van der Waals surface area (Å²) >= 11 is 0. The molecule has 0 unspecified atom stereocenters. The zero-order valence-electron chi connectivity index (χ0n) is 25.7. The second-order valence-electron chi connectivity index (χ2n) is 12.0. The SMILES string of the molecule is CCCn1nnc2c(C)c([C@H](c3ccc(C)c(CN4C[C@@H](CC)Oc5ccccc5S4(O)O)c3)C(C)(C)C(=O)O)ccc21. The van der Waals surface area contributed by atoms with Gasteiger partial charge < -0.3 is 9.84 Å². The van der Waals surface area contributed by atoms with E-state index in [2.05, 4.69) is 17.2 Å². The zero-order valence-corrected chi connectivity index (χ0v) is 26.6. The molecule has 1 aromatic heterocycles. The lowest BCUT2D eigenvalue weighted by molar-refractivity contribution is -0.147. The molecule has 0 spiro atoms. The predicted molar refractivity (Wildman–Crippen MR) is 170 cm³/mol. The number of carboxylic acid groups (broad SMARTS) is 1. The summed E-state index contributed by atoms with van der Waals surface area (Å²) in [5.41, 5.74) is 5.04. The topological polar surface area (TPSA) is 121 Å². The van der Waals surface area contributed by atoms with E-state index in [-0.39, 0.29) is 12.6 Å². The van der Waals surface area contributed by atoms with E-state index in [1.54, 1.807) is 36.4 Å². The van der Waals surface area contributed by atoms with Crippen molar-refractivity contribution in [3.8, 4) is 5.75 Å². The van der Waals surface area contributed by atoms with Gasteiger partial charge in [0.15, 0.2) is 0 Å².